The Bertz CT molecular complexity index is 1090. The topological polar surface area (TPSA) is 105 Å². The Balaban J connectivity index is 1.54. The number of carbonyl (C=O) groups is 3. The molecular weight excluding hydrogens is 360 g/mol. The lowest BCUT2D eigenvalue weighted by Gasteiger charge is -2.21. The summed E-state index contributed by atoms with van der Waals surface area (Å²) in [6.07, 6.45) is 1.21. The lowest BCUT2D eigenvalue weighted by atomic mass is 10.1. The monoisotopic (exact) mass is 376 g/mol. The molecule has 1 aromatic heterocycles. The van der Waals surface area contributed by atoms with E-state index >= 15 is 0 Å². The quantitative estimate of drug-likeness (QED) is 0.702. The average Bonchev–Trinajstić information content (AvgIpc) is 3.29. The lowest BCUT2D eigenvalue weighted by molar-refractivity contribution is -0.119. The molecule has 1 aliphatic rings. The number of hydrogen-bond acceptors (Lipinski definition) is 6. The smallest absolute Gasteiger partial charge is 0.262 e. The Morgan fingerprint density at radius 1 is 1.11 bits per heavy atom. The summed E-state index contributed by atoms with van der Waals surface area (Å²) in [7, 11) is 0. The second-order valence-electron chi connectivity index (χ2n) is 6.52. The summed E-state index contributed by atoms with van der Waals surface area (Å²) >= 11 is 0. The summed E-state index contributed by atoms with van der Waals surface area (Å²) in [5, 5.41) is 10.2. The van der Waals surface area contributed by atoms with Gasteiger partial charge in [-0.15, -0.1) is 10.2 Å². The van der Waals surface area contributed by atoms with E-state index in [9.17, 15) is 14.4 Å². The second-order valence-corrected chi connectivity index (χ2v) is 6.52. The molecule has 0 spiro atoms. The zero-order valence-electron chi connectivity index (χ0n) is 15.2. The van der Waals surface area contributed by atoms with Crippen LogP contribution in [0.4, 0.5) is 5.69 Å². The van der Waals surface area contributed by atoms with Crippen LogP contribution in [0.1, 0.15) is 33.2 Å². The molecule has 0 saturated carbocycles. The fourth-order valence-corrected chi connectivity index (χ4v) is 3.12. The number of fused-ring (bicyclic) bond motifs is 1. The number of benzene rings is 2. The van der Waals surface area contributed by atoms with Crippen molar-refractivity contribution >= 4 is 23.4 Å². The number of aryl methyl sites for hydroxylation is 1. The predicted octanol–water partition coefficient (Wildman–Crippen LogP) is 2.67. The van der Waals surface area contributed by atoms with Crippen molar-refractivity contribution in [3.8, 4) is 11.5 Å². The molecule has 4 rings (SSSR count). The van der Waals surface area contributed by atoms with Gasteiger partial charge in [-0.1, -0.05) is 17.7 Å². The van der Waals surface area contributed by atoms with Gasteiger partial charge in [0.1, 0.15) is 6.04 Å². The maximum Gasteiger partial charge on any atom is 0.262 e. The van der Waals surface area contributed by atoms with E-state index in [1.54, 1.807) is 42.5 Å². The van der Waals surface area contributed by atoms with Gasteiger partial charge in [-0.3, -0.25) is 19.3 Å². The molecule has 3 amide bonds. The fourth-order valence-electron chi connectivity index (χ4n) is 3.12. The molecule has 1 aliphatic heterocycles. The average molecular weight is 376 g/mol. The molecule has 2 aromatic carbocycles. The molecular formula is C20H16N4O4. The lowest BCUT2D eigenvalue weighted by Crippen LogP contribution is -2.45. The van der Waals surface area contributed by atoms with Gasteiger partial charge >= 0.3 is 0 Å². The molecule has 0 bridgehead atoms. The van der Waals surface area contributed by atoms with Crippen LogP contribution in [-0.2, 0) is 4.79 Å². The van der Waals surface area contributed by atoms with Crippen LogP contribution < -0.4 is 5.32 Å². The van der Waals surface area contributed by atoms with Gasteiger partial charge in [0, 0.05) is 11.3 Å². The van der Waals surface area contributed by atoms with Crippen molar-refractivity contribution in [2.75, 3.05) is 5.32 Å². The minimum Gasteiger partial charge on any atom is -0.423 e. The summed E-state index contributed by atoms with van der Waals surface area (Å²) in [6, 6.07) is 10.9. The van der Waals surface area contributed by atoms with Crippen LogP contribution in [0, 0.1) is 6.92 Å². The Morgan fingerprint density at radius 2 is 1.89 bits per heavy atom. The van der Waals surface area contributed by atoms with Crippen LogP contribution in [0.2, 0.25) is 0 Å². The summed E-state index contributed by atoms with van der Waals surface area (Å²) in [5.74, 6) is -1.10. The van der Waals surface area contributed by atoms with Gasteiger partial charge in [-0.05, 0) is 44.2 Å². The van der Waals surface area contributed by atoms with Gasteiger partial charge in [-0.25, -0.2) is 0 Å². The van der Waals surface area contributed by atoms with Crippen LogP contribution in [0.5, 0.6) is 0 Å². The SMILES string of the molecule is Cc1ccc2c(c1)C(=O)N([C@H](C)C(=O)Nc1cccc(-c3nnco3)c1)C2=O. The maximum atomic E-state index is 12.7. The highest BCUT2D eigenvalue weighted by molar-refractivity contribution is 6.23. The number of rotatable bonds is 4. The number of imide groups is 1. The molecule has 8 heteroatoms. The van der Waals surface area contributed by atoms with E-state index in [0.717, 1.165) is 10.5 Å². The Labute approximate surface area is 160 Å². The van der Waals surface area contributed by atoms with Crippen molar-refractivity contribution in [1.82, 2.24) is 15.1 Å². The molecule has 0 aliphatic carbocycles. The molecule has 0 saturated heterocycles. The van der Waals surface area contributed by atoms with E-state index < -0.39 is 23.8 Å². The first-order valence-corrected chi connectivity index (χ1v) is 8.61. The number of carbonyl (C=O) groups excluding carboxylic acids is 3. The third-order valence-corrected chi connectivity index (χ3v) is 4.58. The van der Waals surface area contributed by atoms with Crippen molar-refractivity contribution in [3.63, 3.8) is 0 Å². The summed E-state index contributed by atoms with van der Waals surface area (Å²) in [4.78, 5) is 39.0. The van der Waals surface area contributed by atoms with Gasteiger partial charge < -0.3 is 9.73 Å². The van der Waals surface area contributed by atoms with Crippen LogP contribution in [0.3, 0.4) is 0 Å². The van der Waals surface area contributed by atoms with Gasteiger partial charge in [0.05, 0.1) is 11.1 Å². The van der Waals surface area contributed by atoms with Gasteiger partial charge in [0.2, 0.25) is 18.2 Å². The maximum absolute atomic E-state index is 12.7. The van der Waals surface area contributed by atoms with Crippen LogP contribution >= 0.6 is 0 Å². The Morgan fingerprint density at radius 3 is 2.64 bits per heavy atom. The van der Waals surface area contributed by atoms with E-state index in [0.29, 0.717) is 28.3 Å². The predicted molar refractivity (Wildman–Crippen MR) is 99.5 cm³/mol. The van der Waals surface area contributed by atoms with E-state index in [4.69, 9.17) is 4.42 Å². The highest BCUT2D eigenvalue weighted by atomic mass is 16.4. The van der Waals surface area contributed by atoms with Crippen molar-refractivity contribution < 1.29 is 18.8 Å². The molecule has 0 fully saturated rings. The standard InChI is InChI=1S/C20H16N4O4/c1-11-6-7-15-16(8-11)20(27)24(19(15)26)12(2)17(25)22-14-5-3-4-13(9-14)18-23-21-10-28-18/h3-10,12H,1-2H3,(H,22,25)/t12-/m1/s1. The molecule has 0 radical (unpaired) electrons. The minimum atomic E-state index is -0.972. The summed E-state index contributed by atoms with van der Waals surface area (Å²) in [5.41, 5.74) is 2.63. The van der Waals surface area contributed by atoms with Crippen LogP contribution in [0.15, 0.2) is 53.3 Å². The Hall–Kier alpha value is -3.81. The third-order valence-electron chi connectivity index (χ3n) is 4.58. The van der Waals surface area contributed by atoms with Crippen molar-refractivity contribution in [2.24, 2.45) is 0 Å². The van der Waals surface area contributed by atoms with Gasteiger partial charge in [0.25, 0.3) is 11.8 Å². The highest BCUT2D eigenvalue weighted by Gasteiger charge is 2.40. The number of nitrogens with one attached hydrogen (secondary N) is 1. The number of nitrogens with zero attached hydrogens (tertiary/aromatic N) is 3. The minimum absolute atomic E-state index is 0.314. The molecule has 2 heterocycles. The van der Waals surface area contributed by atoms with E-state index in [1.807, 2.05) is 6.92 Å². The first-order chi connectivity index (χ1) is 13.5. The first-order valence-electron chi connectivity index (χ1n) is 8.61. The molecule has 3 aromatic rings. The normalized spacial score (nSPS) is 14.1. The highest BCUT2D eigenvalue weighted by Crippen LogP contribution is 2.26. The van der Waals surface area contributed by atoms with Crippen LogP contribution in [-0.4, -0.2) is 38.9 Å². The van der Waals surface area contributed by atoms with E-state index in [2.05, 4.69) is 15.5 Å². The molecule has 0 unspecified atom stereocenters. The first kappa shape index (κ1) is 17.6. The molecule has 1 N–H and O–H groups in total. The number of aromatic nitrogens is 2. The zero-order valence-corrected chi connectivity index (χ0v) is 15.2. The third kappa shape index (κ3) is 2.94. The number of amides is 3. The molecule has 28 heavy (non-hydrogen) atoms. The molecule has 140 valence electrons. The summed E-state index contributed by atoms with van der Waals surface area (Å²) < 4.78 is 5.15. The van der Waals surface area contributed by atoms with Crippen molar-refractivity contribution in [1.29, 1.82) is 0 Å². The zero-order chi connectivity index (χ0) is 19.8. The second kappa shape index (κ2) is 6.73. The van der Waals surface area contributed by atoms with Crippen molar-refractivity contribution in [3.05, 3.63) is 65.5 Å². The number of hydrogen-bond donors (Lipinski definition) is 1. The summed E-state index contributed by atoms with van der Waals surface area (Å²) in [6.45, 7) is 3.36. The Kier molecular flexibility index (Phi) is 4.23. The van der Waals surface area contributed by atoms with E-state index in [-0.39, 0.29) is 0 Å². The fraction of sp³-hybridized carbons (Fsp3) is 0.150. The molecule has 1 atom stereocenters. The van der Waals surface area contributed by atoms with Gasteiger partial charge in [0.15, 0.2) is 0 Å². The largest absolute Gasteiger partial charge is 0.423 e. The van der Waals surface area contributed by atoms with Crippen LogP contribution in [0.25, 0.3) is 11.5 Å². The molecule has 8 nitrogen and oxygen atoms in total. The van der Waals surface area contributed by atoms with E-state index in [1.165, 1.54) is 13.3 Å². The van der Waals surface area contributed by atoms with Gasteiger partial charge in [-0.2, -0.15) is 0 Å². The van der Waals surface area contributed by atoms with Crippen molar-refractivity contribution in [2.45, 2.75) is 19.9 Å². The number of anilines is 1.